The van der Waals surface area contributed by atoms with Crippen LogP contribution in [0.1, 0.15) is 24.8 Å². The first-order valence-electron chi connectivity index (χ1n) is 6.02. The molecule has 1 atom stereocenters. The molecule has 2 rings (SSSR count). The first kappa shape index (κ1) is 13.0. The maximum absolute atomic E-state index is 11.5. The highest BCUT2D eigenvalue weighted by molar-refractivity contribution is 7.18. The van der Waals surface area contributed by atoms with Gasteiger partial charge in [-0.2, -0.15) is 0 Å². The molecular weight excluding hydrogens is 246 g/mol. The molecule has 0 saturated carbocycles. The van der Waals surface area contributed by atoms with Gasteiger partial charge in [0.25, 0.3) is 0 Å². The first-order chi connectivity index (χ1) is 8.65. The fourth-order valence-electron chi connectivity index (χ4n) is 1.62. The van der Waals surface area contributed by atoms with Crippen LogP contribution in [0.15, 0.2) is 24.3 Å². The van der Waals surface area contributed by atoms with Crippen LogP contribution >= 0.6 is 11.3 Å². The van der Waals surface area contributed by atoms with Crippen molar-refractivity contribution in [3.63, 3.8) is 0 Å². The lowest BCUT2D eigenvalue weighted by Gasteiger charge is -2.05. The van der Waals surface area contributed by atoms with Crippen LogP contribution in [0.4, 0.5) is 0 Å². The molecule has 18 heavy (non-hydrogen) atoms. The van der Waals surface area contributed by atoms with Gasteiger partial charge in [-0.1, -0.05) is 12.1 Å². The summed E-state index contributed by atoms with van der Waals surface area (Å²) in [6, 6.07) is 8.04. The first-order valence-corrected chi connectivity index (χ1v) is 6.83. The van der Waals surface area contributed by atoms with Crippen molar-refractivity contribution in [2.45, 2.75) is 32.4 Å². The highest BCUT2D eigenvalue weighted by Crippen LogP contribution is 2.21. The summed E-state index contributed by atoms with van der Waals surface area (Å²) >= 11 is 1.61. The summed E-state index contributed by atoms with van der Waals surface area (Å²) in [6.07, 6.45) is 1.19. The van der Waals surface area contributed by atoms with Gasteiger partial charge in [0.15, 0.2) is 0 Å². The predicted molar refractivity (Wildman–Crippen MR) is 74.4 cm³/mol. The van der Waals surface area contributed by atoms with E-state index in [2.05, 4.69) is 10.3 Å². The number of thiazole rings is 1. The average Bonchev–Trinajstić information content (AvgIpc) is 2.76. The molecule has 4 nitrogen and oxygen atoms in total. The number of amides is 1. The van der Waals surface area contributed by atoms with E-state index in [1.165, 1.54) is 0 Å². The maximum Gasteiger partial charge on any atom is 0.220 e. The van der Waals surface area contributed by atoms with E-state index < -0.39 is 0 Å². The Labute approximate surface area is 110 Å². The summed E-state index contributed by atoms with van der Waals surface area (Å²) in [4.78, 5) is 16.0. The van der Waals surface area contributed by atoms with Gasteiger partial charge in [-0.25, -0.2) is 4.98 Å². The van der Waals surface area contributed by atoms with Crippen molar-refractivity contribution in [2.75, 3.05) is 0 Å². The Morgan fingerprint density at radius 2 is 2.28 bits per heavy atom. The van der Waals surface area contributed by atoms with E-state index in [1.807, 2.05) is 31.2 Å². The van der Waals surface area contributed by atoms with E-state index in [-0.39, 0.29) is 11.9 Å². The number of nitrogens with two attached hydrogens (primary N) is 1. The number of nitrogens with zero attached hydrogens (tertiary/aromatic N) is 1. The monoisotopic (exact) mass is 263 g/mol. The second kappa shape index (κ2) is 5.93. The summed E-state index contributed by atoms with van der Waals surface area (Å²) in [5.41, 5.74) is 6.60. The Morgan fingerprint density at radius 3 is 3.00 bits per heavy atom. The molecule has 0 aliphatic carbocycles. The molecule has 1 unspecified atom stereocenters. The number of aromatic nitrogens is 1. The summed E-state index contributed by atoms with van der Waals surface area (Å²) in [5.74, 6) is 0.0338. The van der Waals surface area contributed by atoms with Gasteiger partial charge in [0.05, 0.1) is 16.8 Å². The summed E-state index contributed by atoms with van der Waals surface area (Å²) in [6.45, 7) is 2.40. The van der Waals surface area contributed by atoms with E-state index >= 15 is 0 Å². The van der Waals surface area contributed by atoms with Crippen LogP contribution in [0.25, 0.3) is 10.2 Å². The molecule has 0 saturated heterocycles. The second-order valence-corrected chi connectivity index (χ2v) is 5.48. The molecule has 1 heterocycles. The zero-order valence-corrected chi connectivity index (χ0v) is 11.2. The van der Waals surface area contributed by atoms with Gasteiger partial charge in [0.1, 0.15) is 5.01 Å². The van der Waals surface area contributed by atoms with Crippen LogP contribution in [-0.4, -0.2) is 16.9 Å². The number of hydrogen-bond acceptors (Lipinski definition) is 4. The van der Waals surface area contributed by atoms with Gasteiger partial charge >= 0.3 is 0 Å². The molecule has 5 heteroatoms. The van der Waals surface area contributed by atoms with Crippen molar-refractivity contribution in [3.05, 3.63) is 29.3 Å². The Bertz CT molecular complexity index is 503. The van der Waals surface area contributed by atoms with E-state index in [4.69, 9.17) is 5.73 Å². The average molecular weight is 263 g/mol. The molecule has 0 spiro atoms. The van der Waals surface area contributed by atoms with Crippen LogP contribution < -0.4 is 11.1 Å². The molecule has 2 aromatic rings. The van der Waals surface area contributed by atoms with Crippen LogP contribution in [0, 0.1) is 0 Å². The summed E-state index contributed by atoms with van der Waals surface area (Å²) in [5, 5.41) is 3.80. The van der Waals surface area contributed by atoms with E-state index in [1.54, 1.807) is 11.3 Å². The topological polar surface area (TPSA) is 68.0 Å². The maximum atomic E-state index is 11.5. The minimum Gasteiger partial charge on any atom is -0.350 e. The largest absolute Gasteiger partial charge is 0.350 e. The third-order valence-corrected chi connectivity index (χ3v) is 3.64. The Hall–Kier alpha value is -1.46. The highest BCUT2D eigenvalue weighted by Gasteiger charge is 2.06. The van der Waals surface area contributed by atoms with Gasteiger partial charge in [0.2, 0.25) is 5.91 Å². The van der Waals surface area contributed by atoms with Crippen molar-refractivity contribution < 1.29 is 4.79 Å². The van der Waals surface area contributed by atoms with Crippen LogP contribution in [0.2, 0.25) is 0 Å². The fourth-order valence-corrected chi connectivity index (χ4v) is 2.52. The molecule has 0 radical (unpaired) electrons. The van der Waals surface area contributed by atoms with Crippen LogP contribution in [0.5, 0.6) is 0 Å². The number of para-hydroxylation sites is 1. The van der Waals surface area contributed by atoms with E-state index in [0.29, 0.717) is 19.4 Å². The minimum absolute atomic E-state index is 0.0338. The molecule has 1 aromatic carbocycles. The second-order valence-electron chi connectivity index (χ2n) is 4.37. The molecule has 3 N–H and O–H groups in total. The molecule has 0 fully saturated rings. The Morgan fingerprint density at radius 1 is 1.50 bits per heavy atom. The quantitative estimate of drug-likeness (QED) is 0.867. The van der Waals surface area contributed by atoms with Gasteiger partial charge in [0, 0.05) is 12.5 Å². The summed E-state index contributed by atoms with van der Waals surface area (Å²) in [7, 11) is 0. The highest BCUT2D eigenvalue weighted by atomic mass is 32.1. The number of carbonyl (C=O) groups is 1. The third kappa shape index (κ3) is 3.51. The number of rotatable bonds is 5. The third-order valence-electron chi connectivity index (χ3n) is 2.60. The zero-order valence-electron chi connectivity index (χ0n) is 10.3. The smallest absolute Gasteiger partial charge is 0.220 e. The van der Waals surface area contributed by atoms with Crippen molar-refractivity contribution in [3.8, 4) is 0 Å². The lowest BCUT2D eigenvalue weighted by Crippen LogP contribution is -2.25. The minimum atomic E-state index is 0.0338. The molecule has 0 aliphatic rings. The standard InChI is InChI=1S/C13H17N3OS/c1-9(14)6-7-12(17)15-8-13-16-10-4-2-3-5-11(10)18-13/h2-5,9H,6-8,14H2,1H3,(H,15,17). The van der Waals surface area contributed by atoms with Gasteiger partial charge < -0.3 is 11.1 Å². The normalized spacial score (nSPS) is 12.6. The van der Waals surface area contributed by atoms with Crippen molar-refractivity contribution >= 4 is 27.5 Å². The van der Waals surface area contributed by atoms with Crippen LogP contribution in [-0.2, 0) is 11.3 Å². The van der Waals surface area contributed by atoms with Crippen molar-refractivity contribution in [2.24, 2.45) is 5.73 Å². The molecule has 0 bridgehead atoms. The lowest BCUT2D eigenvalue weighted by atomic mass is 10.2. The van der Waals surface area contributed by atoms with E-state index in [0.717, 1.165) is 15.2 Å². The van der Waals surface area contributed by atoms with Crippen LogP contribution in [0.3, 0.4) is 0 Å². The van der Waals surface area contributed by atoms with Crippen molar-refractivity contribution in [1.29, 1.82) is 0 Å². The number of benzene rings is 1. The Kier molecular flexibility index (Phi) is 4.28. The van der Waals surface area contributed by atoms with Gasteiger partial charge in [-0.05, 0) is 25.5 Å². The Balaban J connectivity index is 1.88. The molecule has 0 aliphatic heterocycles. The number of carbonyl (C=O) groups excluding carboxylic acids is 1. The zero-order chi connectivity index (χ0) is 13.0. The van der Waals surface area contributed by atoms with Crippen molar-refractivity contribution in [1.82, 2.24) is 10.3 Å². The summed E-state index contributed by atoms with van der Waals surface area (Å²) < 4.78 is 1.15. The van der Waals surface area contributed by atoms with Gasteiger partial charge in [-0.15, -0.1) is 11.3 Å². The van der Waals surface area contributed by atoms with Gasteiger partial charge in [-0.3, -0.25) is 4.79 Å². The molecule has 96 valence electrons. The number of fused-ring (bicyclic) bond motifs is 1. The molecule has 1 aromatic heterocycles. The number of hydrogen-bond donors (Lipinski definition) is 2. The number of nitrogens with one attached hydrogen (secondary N) is 1. The van der Waals surface area contributed by atoms with E-state index in [9.17, 15) is 4.79 Å². The lowest BCUT2D eigenvalue weighted by molar-refractivity contribution is -0.121. The predicted octanol–water partition coefficient (Wildman–Crippen LogP) is 2.04. The molecular formula is C13H17N3OS. The molecule has 1 amide bonds. The fraction of sp³-hybridized carbons (Fsp3) is 0.385. The SMILES string of the molecule is CC(N)CCC(=O)NCc1nc2ccccc2s1.